The van der Waals surface area contributed by atoms with E-state index in [1.165, 1.54) is 19.2 Å². The predicted octanol–water partition coefficient (Wildman–Crippen LogP) is 1.05. The number of nitrogens with two attached hydrogens (primary N) is 1. The number of hydrogen-bond donors (Lipinski definition) is 1. The number of benzene rings is 1. The quantitative estimate of drug-likeness (QED) is 0.836. The first-order valence-electron chi connectivity index (χ1n) is 7.76. The van der Waals surface area contributed by atoms with E-state index >= 15 is 0 Å². The number of nitrogens with zero attached hydrogens (tertiary/aromatic N) is 1. The zero-order valence-corrected chi connectivity index (χ0v) is 14.4. The molecule has 0 spiro atoms. The monoisotopic (exact) mass is 340 g/mol. The maximum absolute atomic E-state index is 12.5. The molecular weight excluding hydrogens is 316 g/mol. The first-order chi connectivity index (χ1) is 10.9. The van der Waals surface area contributed by atoms with E-state index in [1.54, 1.807) is 24.0 Å². The Bertz CT molecular complexity index is 643. The molecule has 1 amide bonds. The summed E-state index contributed by atoms with van der Waals surface area (Å²) < 4.78 is 30.0. The number of amides is 1. The summed E-state index contributed by atoms with van der Waals surface area (Å²) in [4.78, 5) is 14.4. The molecular formula is C16H24N2O4S. The van der Waals surface area contributed by atoms with Crippen LogP contribution in [0.5, 0.6) is 5.75 Å². The van der Waals surface area contributed by atoms with Crippen LogP contribution in [0.1, 0.15) is 19.8 Å². The molecule has 2 N–H and O–H groups in total. The van der Waals surface area contributed by atoms with Crippen molar-refractivity contribution in [2.24, 2.45) is 11.7 Å². The van der Waals surface area contributed by atoms with Crippen LogP contribution in [0.15, 0.2) is 29.2 Å². The summed E-state index contributed by atoms with van der Waals surface area (Å²) in [5, 5.41) is 0. The molecule has 0 aromatic heterocycles. The van der Waals surface area contributed by atoms with Crippen LogP contribution < -0.4 is 10.5 Å². The standard InChI is InChI=1S/C16H24N2O4S/c1-12(16(19)18-9-3-4-13(18)10-17)11-23(20,21)15-7-5-14(22-2)6-8-15/h5-8,12-13H,3-4,9-11,17H2,1-2H3. The molecule has 1 saturated heterocycles. The maximum Gasteiger partial charge on any atom is 0.226 e. The molecule has 1 heterocycles. The fourth-order valence-electron chi connectivity index (χ4n) is 2.93. The fourth-order valence-corrected chi connectivity index (χ4v) is 4.48. The van der Waals surface area contributed by atoms with Gasteiger partial charge in [0.25, 0.3) is 0 Å². The summed E-state index contributed by atoms with van der Waals surface area (Å²) in [5.41, 5.74) is 5.68. The van der Waals surface area contributed by atoms with Crippen molar-refractivity contribution < 1.29 is 17.9 Å². The molecule has 0 bridgehead atoms. The Balaban J connectivity index is 2.08. The van der Waals surface area contributed by atoms with Crippen LogP contribution in [-0.2, 0) is 14.6 Å². The van der Waals surface area contributed by atoms with Crippen LogP contribution in [-0.4, -0.2) is 51.2 Å². The van der Waals surface area contributed by atoms with Crippen molar-refractivity contribution in [3.8, 4) is 5.75 Å². The molecule has 7 heteroatoms. The zero-order valence-electron chi connectivity index (χ0n) is 13.6. The largest absolute Gasteiger partial charge is 0.497 e. The van der Waals surface area contributed by atoms with Crippen molar-refractivity contribution >= 4 is 15.7 Å². The molecule has 0 aliphatic carbocycles. The molecule has 0 saturated carbocycles. The minimum absolute atomic E-state index is 0.0358. The minimum atomic E-state index is -3.52. The van der Waals surface area contributed by atoms with Crippen LogP contribution in [0.4, 0.5) is 0 Å². The van der Waals surface area contributed by atoms with E-state index in [9.17, 15) is 13.2 Å². The van der Waals surface area contributed by atoms with E-state index < -0.39 is 15.8 Å². The molecule has 1 aromatic rings. The van der Waals surface area contributed by atoms with E-state index in [0.29, 0.717) is 18.8 Å². The highest BCUT2D eigenvalue weighted by Crippen LogP contribution is 2.22. The van der Waals surface area contributed by atoms with Crippen LogP contribution >= 0.6 is 0 Å². The number of ether oxygens (including phenoxy) is 1. The van der Waals surface area contributed by atoms with E-state index in [2.05, 4.69) is 0 Å². The smallest absolute Gasteiger partial charge is 0.226 e. The number of rotatable bonds is 6. The Hall–Kier alpha value is -1.60. The Morgan fingerprint density at radius 2 is 2.04 bits per heavy atom. The Kier molecular flexibility index (Phi) is 5.64. The SMILES string of the molecule is COc1ccc(S(=O)(=O)CC(C)C(=O)N2CCCC2CN)cc1. The molecule has 1 aromatic carbocycles. The third-order valence-electron chi connectivity index (χ3n) is 4.24. The van der Waals surface area contributed by atoms with Crippen molar-refractivity contribution in [1.82, 2.24) is 4.90 Å². The fraction of sp³-hybridized carbons (Fsp3) is 0.562. The van der Waals surface area contributed by atoms with Gasteiger partial charge < -0.3 is 15.4 Å². The van der Waals surface area contributed by atoms with Crippen LogP contribution in [0.3, 0.4) is 0 Å². The summed E-state index contributed by atoms with van der Waals surface area (Å²) in [5.74, 6) is -0.327. The molecule has 23 heavy (non-hydrogen) atoms. The Morgan fingerprint density at radius 1 is 1.39 bits per heavy atom. The number of hydrogen-bond acceptors (Lipinski definition) is 5. The second kappa shape index (κ2) is 7.31. The third kappa shape index (κ3) is 4.03. The van der Waals surface area contributed by atoms with E-state index in [4.69, 9.17) is 10.5 Å². The van der Waals surface area contributed by atoms with Crippen molar-refractivity contribution in [2.45, 2.75) is 30.7 Å². The van der Waals surface area contributed by atoms with Crippen molar-refractivity contribution in [1.29, 1.82) is 0 Å². The van der Waals surface area contributed by atoms with Gasteiger partial charge in [-0.1, -0.05) is 6.92 Å². The molecule has 0 radical (unpaired) electrons. The summed E-state index contributed by atoms with van der Waals surface area (Å²) >= 11 is 0. The Labute approximate surface area is 137 Å². The highest BCUT2D eigenvalue weighted by molar-refractivity contribution is 7.91. The molecule has 2 atom stereocenters. The lowest BCUT2D eigenvalue weighted by Gasteiger charge is -2.26. The van der Waals surface area contributed by atoms with Gasteiger partial charge in [0.1, 0.15) is 5.75 Å². The molecule has 1 aliphatic rings. The number of sulfone groups is 1. The minimum Gasteiger partial charge on any atom is -0.497 e. The van der Waals surface area contributed by atoms with Gasteiger partial charge in [0.15, 0.2) is 9.84 Å². The van der Waals surface area contributed by atoms with E-state index in [-0.39, 0.29) is 22.6 Å². The van der Waals surface area contributed by atoms with Crippen LogP contribution in [0.2, 0.25) is 0 Å². The van der Waals surface area contributed by atoms with Gasteiger partial charge in [-0.05, 0) is 37.1 Å². The van der Waals surface area contributed by atoms with Crippen LogP contribution in [0.25, 0.3) is 0 Å². The summed E-state index contributed by atoms with van der Waals surface area (Å²) in [7, 11) is -2.00. The van der Waals surface area contributed by atoms with Gasteiger partial charge in [-0.25, -0.2) is 8.42 Å². The van der Waals surface area contributed by atoms with Crippen molar-refractivity contribution in [3.63, 3.8) is 0 Å². The normalized spacial score (nSPS) is 19.6. The number of methoxy groups -OCH3 is 1. The molecule has 2 rings (SSSR count). The summed E-state index contributed by atoms with van der Waals surface area (Å²) in [6, 6.07) is 6.25. The average Bonchev–Trinajstić information content (AvgIpc) is 3.02. The van der Waals surface area contributed by atoms with Crippen molar-refractivity contribution in [2.75, 3.05) is 26.0 Å². The summed E-state index contributed by atoms with van der Waals surface area (Å²) in [6.45, 7) is 2.74. The van der Waals surface area contributed by atoms with Gasteiger partial charge >= 0.3 is 0 Å². The van der Waals surface area contributed by atoms with Gasteiger partial charge in [0.2, 0.25) is 5.91 Å². The lowest BCUT2D eigenvalue weighted by atomic mass is 10.1. The van der Waals surface area contributed by atoms with E-state index in [1.807, 2.05) is 0 Å². The van der Waals surface area contributed by atoms with Gasteiger partial charge in [-0.3, -0.25) is 4.79 Å². The second-order valence-corrected chi connectivity index (χ2v) is 7.96. The lowest BCUT2D eigenvalue weighted by molar-refractivity contribution is -0.135. The molecule has 6 nitrogen and oxygen atoms in total. The summed E-state index contributed by atoms with van der Waals surface area (Å²) in [6.07, 6.45) is 1.81. The van der Waals surface area contributed by atoms with Gasteiger partial charge in [0, 0.05) is 25.0 Å². The highest BCUT2D eigenvalue weighted by Gasteiger charge is 2.32. The van der Waals surface area contributed by atoms with Gasteiger partial charge in [-0.15, -0.1) is 0 Å². The first kappa shape index (κ1) is 17.7. The van der Waals surface area contributed by atoms with Gasteiger partial charge in [-0.2, -0.15) is 0 Å². The number of carbonyl (C=O) groups is 1. The molecule has 1 aliphatic heterocycles. The Morgan fingerprint density at radius 3 is 2.61 bits per heavy atom. The zero-order chi connectivity index (χ0) is 17.0. The number of carbonyl (C=O) groups excluding carboxylic acids is 1. The average molecular weight is 340 g/mol. The predicted molar refractivity (Wildman–Crippen MR) is 88.0 cm³/mol. The van der Waals surface area contributed by atoms with Crippen molar-refractivity contribution in [3.05, 3.63) is 24.3 Å². The van der Waals surface area contributed by atoms with Gasteiger partial charge in [0.05, 0.1) is 17.8 Å². The van der Waals surface area contributed by atoms with E-state index in [0.717, 1.165) is 12.8 Å². The second-order valence-electron chi connectivity index (χ2n) is 5.92. The third-order valence-corrected chi connectivity index (χ3v) is 6.17. The first-order valence-corrected chi connectivity index (χ1v) is 9.41. The topological polar surface area (TPSA) is 89.7 Å². The molecule has 2 unspecified atom stereocenters. The number of likely N-dealkylation sites (tertiary alicyclic amines) is 1. The lowest BCUT2D eigenvalue weighted by Crippen LogP contribution is -2.43. The highest BCUT2D eigenvalue weighted by atomic mass is 32.2. The molecule has 128 valence electrons. The van der Waals surface area contributed by atoms with Crippen LogP contribution in [0, 0.1) is 5.92 Å². The molecule has 1 fully saturated rings. The maximum atomic E-state index is 12.5.